The summed E-state index contributed by atoms with van der Waals surface area (Å²) in [4.78, 5) is 30.3. The van der Waals surface area contributed by atoms with Gasteiger partial charge in [-0.1, -0.05) is 37.2 Å². The zero-order valence-electron chi connectivity index (χ0n) is 13.2. The van der Waals surface area contributed by atoms with E-state index in [1.165, 1.54) is 30.2 Å². The molecule has 0 spiro atoms. The number of anilines is 1. The van der Waals surface area contributed by atoms with Crippen molar-refractivity contribution in [3.05, 3.63) is 29.8 Å². The number of benzene rings is 1. The van der Waals surface area contributed by atoms with Crippen molar-refractivity contribution >= 4 is 34.4 Å². The van der Waals surface area contributed by atoms with Crippen LogP contribution in [0, 0.1) is 0 Å². The van der Waals surface area contributed by atoms with Gasteiger partial charge in [0.05, 0.1) is 6.54 Å². The van der Waals surface area contributed by atoms with E-state index < -0.39 is 0 Å². The molecule has 2 amide bonds. The molecule has 0 aromatic heterocycles. The lowest BCUT2D eigenvalue weighted by Gasteiger charge is -2.10. The highest BCUT2D eigenvalue weighted by molar-refractivity contribution is 8.15. The maximum atomic E-state index is 12.2. The third-order valence-electron chi connectivity index (χ3n) is 4.02. The van der Waals surface area contributed by atoms with Gasteiger partial charge in [-0.2, -0.15) is 0 Å². The molecule has 2 aliphatic heterocycles. The third-order valence-corrected chi connectivity index (χ3v) is 5.23. The zero-order chi connectivity index (χ0) is 16.2. The summed E-state index contributed by atoms with van der Waals surface area (Å²) in [6.07, 6.45) is 3.60. The first-order valence-corrected chi connectivity index (χ1v) is 8.96. The summed E-state index contributed by atoms with van der Waals surface area (Å²) < 4.78 is 0. The maximum absolute atomic E-state index is 12.2. The number of thioether (sulfide) groups is 1. The molecular formula is C17H21N3O2S. The number of fused-ring (bicyclic) bond motifs is 1. The number of amides is 2. The number of hydrogen-bond donors (Lipinski definition) is 1. The second kappa shape index (κ2) is 7.17. The van der Waals surface area contributed by atoms with Crippen LogP contribution in [0.1, 0.15) is 31.7 Å². The molecule has 122 valence electrons. The summed E-state index contributed by atoms with van der Waals surface area (Å²) in [5.41, 5.74) is 2.06. The molecule has 0 radical (unpaired) electrons. The number of hydrogen-bond acceptors (Lipinski definition) is 4. The van der Waals surface area contributed by atoms with Gasteiger partial charge in [0.15, 0.2) is 5.17 Å². The Hall–Kier alpha value is -1.82. The van der Waals surface area contributed by atoms with Gasteiger partial charge < -0.3 is 5.32 Å². The van der Waals surface area contributed by atoms with Gasteiger partial charge in [-0.15, -0.1) is 0 Å². The van der Waals surface area contributed by atoms with Gasteiger partial charge in [0.1, 0.15) is 5.25 Å². The SMILES string of the molecule is CCCCc1ccc(NC(=O)CC2SC3=NCCN3C2=O)cc1. The lowest BCUT2D eigenvalue weighted by atomic mass is 10.1. The number of carbonyl (C=O) groups is 2. The van der Waals surface area contributed by atoms with Crippen molar-refractivity contribution in [2.24, 2.45) is 4.99 Å². The molecule has 1 unspecified atom stereocenters. The van der Waals surface area contributed by atoms with Gasteiger partial charge in [-0.3, -0.25) is 19.5 Å². The average molecular weight is 331 g/mol. The van der Waals surface area contributed by atoms with Gasteiger partial charge in [0, 0.05) is 18.7 Å². The normalized spacial score (nSPS) is 19.7. The number of aliphatic imine (C=N–C) groups is 1. The van der Waals surface area contributed by atoms with Gasteiger partial charge in [0.25, 0.3) is 0 Å². The monoisotopic (exact) mass is 331 g/mol. The van der Waals surface area contributed by atoms with Crippen molar-refractivity contribution in [3.8, 4) is 0 Å². The molecule has 1 atom stereocenters. The first kappa shape index (κ1) is 16.1. The van der Waals surface area contributed by atoms with Crippen molar-refractivity contribution < 1.29 is 9.59 Å². The number of rotatable bonds is 6. The quantitative estimate of drug-likeness (QED) is 0.872. The minimum atomic E-state index is -0.335. The number of nitrogens with zero attached hydrogens (tertiary/aromatic N) is 2. The Labute approximate surface area is 140 Å². The molecule has 23 heavy (non-hydrogen) atoms. The van der Waals surface area contributed by atoms with Crippen molar-refractivity contribution in [1.29, 1.82) is 0 Å². The molecule has 0 aliphatic carbocycles. The second-order valence-corrected chi connectivity index (χ2v) is 6.98. The Morgan fingerprint density at radius 3 is 2.87 bits per heavy atom. The maximum Gasteiger partial charge on any atom is 0.242 e. The van der Waals surface area contributed by atoms with Crippen molar-refractivity contribution in [2.45, 2.75) is 37.9 Å². The molecule has 6 heteroatoms. The van der Waals surface area contributed by atoms with Crippen LogP contribution in [0.5, 0.6) is 0 Å². The second-order valence-electron chi connectivity index (χ2n) is 5.81. The molecule has 2 heterocycles. The molecule has 1 aromatic rings. The minimum absolute atomic E-state index is 0.0105. The summed E-state index contributed by atoms with van der Waals surface area (Å²) in [6.45, 7) is 3.50. The standard InChI is InChI=1S/C17H21N3O2S/c1-2-3-4-12-5-7-13(8-6-12)19-15(21)11-14-16(22)20-10-9-18-17(20)23-14/h5-8,14H,2-4,9-11H2,1H3,(H,19,21). The van der Waals surface area contributed by atoms with Crippen LogP contribution in [0.2, 0.25) is 0 Å². The van der Waals surface area contributed by atoms with E-state index in [0.29, 0.717) is 13.1 Å². The third kappa shape index (κ3) is 3.75. The summed E-state index contributed by atoms with van der Waals surface area (Å²) in [6, 6.07) is 7.95. The molecule has 2 aliphatic rings. The predicted octanol–water partition coefficient (Wildman–Crippen LogP) is 2.67. The van der Waals surface area contributed by atoms with Crippen molar-refractivity contribution in [2.75, 3.05) is 18.4 Å². The fraction of sp³-hybridized carbons (Fsp3) is 0.471. The highest BCUT2D eigenvalue weighted by atomic mass is 32.2. The fourth-order valence-corrected chi connectivity index (χ4v) is 3.92. The first-order valence-electron chi connectivity index (χ1n) is 8.08. The fourth-order valence-electron chi connectivity index (χ4n) is 2.73. The molecule has 1 saturated heterocycles. The average Bonchev–Trinajstić information content (AvgIpc) is 3.11. The zero-order valence-corrected chi connectivity index (χ0v) is 14.1. The van der Waals surface area contributed by atoms with E-state index in [0.717, 1.165) is 17.3 Å². The number of nitrogens with one attached hydrogen (secondary N) is 1. The summed E-state index contributed by atoms with van der Waals surface area (Å²) in [5.74, 6) is -0.116. The first-order chi connectivity index (χ1) is 11.2. The molecular weight excluding hydrogens is 310 g/mol. The lowest BCUT2D eigenvalue weighted by Crippen LogP contribution is -2.32. The topological polar surface area (TPSA) is 61.8 Å². The summed E-state index contributed by atoms with van der Waals surface area (Å²) >= 11 is 1.41. The Morgan fingerprint density at radius 1 is 1.39 bits per heavy atom. The summed E-state index contributed by atoms with van der Waals surface area (Å²) in [5, 5.41) is 3.31. The van der Waals surface area contributed by atoms with Crippen LogP contribution in [-0.2, 0) is 16.0 Å². The van der Waals surface area contributed by atoms with E-state index >= 15 is 0 Å². The van der Waals surface area contributed by atoms with Gasteiger partial charge in [-0.25, -0.2) is 0 Å². The molecule has 0 saturated carbocycles. The van der Waals surface area contributed by atoms with Crippen LogP contribution >= 0.6 is 11.8 Å². The van der Waals surface area contributed by atoms with E-state index in [1.54, 1.807) is 4.90 Å². The number of unbranched alkanes of at least 4 members (excludes halogenated alkanes) is 1. The largest absolute Gasteiger partial charge is 0.326 e. The molecule has 0 bridgehead atoms. The van der Waals surface area contributed by atoms with Crippen LogP contribution in [0.25, 0.3) is 0 Å². The Bertz CT molecular complexity index is 627. The predicted molar refractivity (Wildman–Crippen MR) is 93.7 cm³/mol. The van der Waals surface area contributed by atoms with Crippen molar-refractivity contribution in [3.63, 3.8) is 0 Å². The van der Waals surface area contributed by atoms with E-state index in [2.05, 4.69) is 17.2 Å². The van der Waals surface area contributed by atoms with Crippen LogP contribution in [-0.4, -0.2) is 40.2 Å². The smallest absolute Gasteiger partial charge is 0.242 e. The number of aryl methyl sites for hydroxylation is 1. The molecule has 1 fully saturated rings. The van der Waals surface area contributed by atoms with Crippen LogP contribution in [0.15, 0.2) is 29.3 Å². The van der Waals surface area contributed by atoms with Gasteiger partial charge in [0.2, 0.25) is 11.8 Å². The van der Waals surface area contributed by atoms with E-state index in [-0.39, 0.29) is 23.5 Å². The Balaban J connectivity index is 1.52. The van der Waals surface area contributed by atoms with Gasteiger partial charge in [-0.05, 0) is 30.5 Å². The summed E-state index contributed by atoms with van der Waals surface area (Å²) in [7, 11) is 0. The van der Waals surface area contributed by atoms with E-state index in [1.807, 2.05) is 24.3 Å². The van der Waals surface area contributed by atoms with E-state index in [9.17, 15) is 9.59 Å². The molecule has 3 rings (SSSR count). The molecule has 1 N–H and O–H groups in total. The number of carbonyl (C=O) groups excluding carboxylic acids is 2. The molecule has 5 nitrogen and oxygen atoms in total. The molecule has 1 aromatic carbocycles. The van der Waals surface area contributed by atoms with Crippen LogP contribution in [0.4, 0.5) is 5.69 Å². The van der Waals surface area contributed by atoms with Crippen LogP contribution in [0.3, 0.4) is 0 Å². The highest BCUT2D eigenvalue weighted by Crippen LogP contribution is 2.31. The van der Waals surface area contributed by atoms with E-state index in [4.69, 9.17) is 0 Å². The Morgan fingerprint density at radius 2 is 2.17 bits per heavy atom. The Kier molecular flexibility index (Phi) is 5.00. The lowest BCUT2D eigenvalue weighted by molar-refractivity contribution is -0.127. The highest BCUT2D eigenvalue weighted by Gasteiger charge is 2.40. The van der Waals surface area contributed by atoms with Crippen molar-refractivity contribution in [1.82, 2.24) is 4.90 Å². The van der Waals surface area contributed by atoms with Gasteiger partial charge >= 0.3 is 0 Å². The number of amidine groups is 1. The minimum Gasteiger partial charge on any atom is -0.326 e. The van der Waals surface area contributed by atoms with Crippen LogP contribution < -0.4 is 5.32 Å².